The maximum atomic E-state index is 11.5. The monoisotopic (exact) mass is 257 g/mol. The van der Waals surface area contributed by atoms with Crippen LogP contribution in [0.4, 0.5) is 9.93 Å². The molecule has 0 unspecified atom stereocenters. The fourth-order valence-electron chi connectivity index (χ4n) is 1.33. The van der Waals surface area contributed by atoms with Crippen LogP contribution in [-0.4, -0.2) is 30.8 Å². The average Bonchev–Trinajstić information content (AvgIpc) is 2.65. The van der Waals surface area contributed by atoms with Crippen LogP contribution in [-0.2, 0) is 11.2 Å². The van der Waals surface area contributed by atoms with E-state index in [-0.39, 0.29) is 6.03 Å². The number of hydrogen-bond donors (Lipinski definition) is 2. The minimum absolute atomic E-state index is 0.235. The molecule has 1 rings (SSSR count). The van der Waals surface area contributed by atoms with Crippen LogP contribution in [0, 0.1) is 6.92 Å². The quantitative estimate of drug-likeness (QED) is 0.768. The first kappa shape index (κ1) is 13.9. The predicted molar refractivity (Wildman–Crippen MR) is 69.7 cm³/mol. The standard InChI is InChI=1S/C11H19N3O2S/c1-4-9-8(3)17-11(13-9)14-10(15)12-6-7-16-5-2/h4-7H2,1-3H3,(H2,12,13,14,15). The highest BCUT2D eigenvalue weighted by atomic mass is 32.1. The third-order valence-electron chi connectivity index (χ3n) is 2.18. The molecule has 0 spiro atoms. The number of nitrogens with one attached hydrogen (secondary N) is 2. The maximum absolute atomic E-state index is 11.5. The van der Waals surface area contributed by atoms with Gasteiger partial charge in [0.05, 0.1) is 12.3 Å². The Morgan fingerprint density at radius 1 is 1.47 bits per heavy atom. The van der Waals surface area contributed by atoms with Crippen LogP contribution in [0.2, 0.25) is 0 Å². The van der Waals surface area contributed by atoms with E-state index in [2.05, 4.69) is 15.6 Å². The van der Waals surface area contributed by atoms with Crippen LogP contribution in [0.15, 0.2) is 0 Å². The molecule has 0 bridgehead atoms. The Morgan fingerprint density at radius 2 is 2.24 bits per heavy atom. The number of carbonyl (C=O) groups excluding carboxylic acids is 1. The second-order valence-corrected chi connectivity index (χ2v) is 4.66. The Hall–Kier alpha value is -1.14. The molecule has 2 N–H and O–H groups in total. The fourth-order valence-corrected chi connectivity index (χ4v) is 2.23. The van der Waals surface area contributed by atoms with Crippen molar-refractivity contribution in [2.45, 2.75) is 27.2 Å². The van der Waals surface area contributed by atoms with Crippen LogP contribution in [0.1, 0.15) is 24.4 Å². The molecule has 6 heteroatoms. The maximum Gasteiger partial charge on any atom is 0.321 e. The second kappa shape index (κ2) is 7.24. The number of urea groups is 1. The molecule has 17 heavy (non-hydrogen) atoms. The lowest BCUT2D eigenvalue weighted by atomic mass is 10.3. The van der Waals surface area contributed by atoms with Crippen molar-refractivity contribution < 1.29 is 9.53 Å². The van der Waals surface area contributed by atoms with E-state index in [1.807, 2.05) is 20.8 Å². The molecular formula is C11H19N3O2S. The Morgan fingerprint density at radius 3 is 2.82 bits per heavy atom. The molecule has 0 saturated carbocycles. The van der Waals surface area contributed by atoms with Gasteiger partial charge < -0.3 is 10.1 Å². The van der Waals surface area contributed by atoms with Gasteiger partial charge in [0.1, 0.15) is 0 Å². The summed E-state index contributed by atoms with van der Waals surface area (Å²) in [5, 5.41) is 6.07. The van der Waals surface area contributed by atoms with Gasteiger partial charge in [-0.1, -0.05) is 6.92 Å². The zero-order valence-corrected chi connectivity index (χ0v) is 11.3. The largest absolute Gasteiger partial charge is 0.380 e. The topological polar surface area (TPSA) is 63.2 Å². The molecule has 1 aromatic rings. The van der Waals surface area contributed by atoms with Crippen molar-refractivity contribution in [2.75, 3.05) is 25.1 Å². The molecule has 0 aliphatic carbocycles. The molecule has 0 saturated heterocycles. The van der Waals surface area contributed by atoms with E-state index in [9.17, 15) is 4.79 Å². The molecule has 2 amide bonds. The van der Waals surface area contributed by atoms with Crippen molar-refractivity contribution in [3.05, 3.63) is 10.6 Å². The third-order valence-corrected chi connectivity index (χ3v) is 3.11. The number of aromatic nitrogens is 1. The molecule has 0 aromatic carbocycles. The smallest absolute Gasteiger partial charge is 0.321 e. The fraction of sp³-hybridized carbons (Fsp3) is 0.636. The number of amides is 2. The summed E-state index contributed by atoms with van der Waals surface area (Å²) < 4.78 is 5.12. The minimum atomic E-state index is -0.235. The number of thiazole rings is 1. The first-order valence-electron chi connectivity index (χ1n) is 5.76. The molecule has 1 heterocycles. The van der Waals surface area contributed by atoms with Gasteiger partial charge in [0.15, 0.2) is 5.13 Å². The summed E-state index contributed by atoms with van der Waals surface area (Å²) in [6, 6.07) is -0.235. The molecule has 0 fully saturated rings. The lowest BCUT2D eigenvalue weighted by molar-refractivity contribution is 0.150. The van der Waals surface area contributed by atoms with Crippen LogP contribution < -0.4 is 10.6 Å². The van der Waals surface area contributed by atoms with Crippen molar-refractivity contribution in [2.24, 2.45) is 0 Å². The summed E-state index contributed by atoms with van der Waals surface area (Å²) in [6.45, 7) is 7.67. The van der Waals surface area contributed by atoms with Gasteiger partial charge >= 0.3 is 6.03 Å². The van der Waals surface area contributed by atoms with E-state index in [0.717, 1.165) is 17.0 Å². The van der Waals surface area contributed by atoms with Crippen molar-refractivity contribution in [3.63, 3.8) is 0 Å². The van der Waals surface area contributed by atoms with Crippen molar-refractivity contribution >= 4 is 22.5 Å². The van der Waals surface area contributed by atoms with Gasteiger partial charge in [0.25, 0.3) is 0 Å². The Bertz CT molecular complexity index is 366. The van der Waals surface area contributed by atoms with Crippen LogP contribution in [0.3, 0.4) is 0 Å². The van der Waals surface area contributed by atoms with Crippen LogP contribution in [0.25, 0.3) is 0 Å². The zero-order valence-electron chi connectivity index (χ0n) is 10.5. The predicted octanol–water partition coefficient (Wildman–Crippen LogP) is 2.17. The third kappa shape index (κ3) is 4.70. The molecular weight excluding hydrogens is 238 g/mol. The molecule has 0 atom stereocenters. The number of ether oxygens (including phenoxy) is 1. The summed E-state index contributed by atoms with van der Waals surface area (Å²) in [6.07, 6.45) is 0.885. The lowest BCUT2D eigenvalue weighted by Crippen LogP contribution is -2.31. The number of hydrogen-bond acceptors (Lipinski definition) is 4. The van der Waals surface area contributed by atoms with Gasteiger partial charge in [-0.25, -0.2) is 9.78 Å². The van der Waals surface area contributed by atoms with Crippen molar-refractivity contribution in [1.29, 1.82) is 0 Å². The van der Waals surface area contributed by atoms with Crippen LogP contribution in [0.5, 0.6) is 0 Å². The molecule has 0 aliphatic rings. The number of nitrogens with zero attached hydrogens (tertiary/aromatic N) is 1. The van der Waals surface area contributed by atoms with Gasteiger partial charge in [-0.3, -0.25) is 5.32 Å². The highest BCUT2D eigenvalue weighted by molar-refractivity contribution is 7.15. The molecule has 96 valence electrons. The van der Waals surface area contributed by atoms with E-state index < -0.39 is 0 Å². The normalized spacial score (nSPS) is 10.3. The zero-order chi connectivity index (χ0) is 12.7. The SMILES string of the molecule is CCOCCNC(=O)Nc1nc(CC)c(C)s1. The first-order chi connectivity index (χ1) is 8.17. The minimum Gasteiger partial charge on any atom is -0.380 e. The second-order valence-electron chi connectivity index (χ2n) is 3.45. The van der Waals surface area contributed by atoms with E-state index in [1.54, 1.807) is 0 Å². The first-order valence-corrected chi connectivity index (χ1v) is 6.57. The summed E-state index contributed by atoms with van der Waals surface area (Å²) in [7, 11) is 0. The van der Waals surface area contributed by atoms with E-state index in [1.165, 1.54) is 11.3 Å². The van der Waals surface area contributed by atoms with Crippen LogP contribution >= 0.6 is 11.3 Å². The molecule has 0 aliphatic heterocycles. The number of carbonyl (C=O) groups is 1. The Kier molecular flexibility index (Phi) is 5.93. The summed E-state index contributed by atoms with van der Waals surface area (Å²) in [4.78, 5) is 17.0. The summed E-state index contributed by atoms with van der Waals surface area (Å²) in [5.74, 6) is 0. The molecule has 1 aromatic heterocycles. The lowest BCUT2D eigenvalue weighted by Gasteiger charge is -2.04. The van der Waals surface area contributed by atoms with Crippen molar-refractivity contribution in [3.8, 4) is 0 Å². The average molecular weight is 257 g/mol. The van der Waals surface area contributed by atoms with Crippen molar-refractivity contribution in [1.82, 2.24) is 10.3 Å². The molecule has 0 radical (unpaired) electrons. The number of aryl methyl sites for hydroxylation is 2. The Labute approximate surface area is 106 Å². The Balaban J connectivity index is 2.34. The summed E-state index contributed by atoms with van der Waals surface area (Å²) >= 11 is 1.50. The van der Waals surface area contributed by atoms with Gasteiger partial charge in [-0.05, 0) is 20.3 Å². The van der Waals surface area contributed by atoms with Gasteiger partial charge in [-0.2, -0.15) is 0 Å². The molecule has 5 nitrogen and oxygen atoms in total. The van der Waals surface area contributed by atoms with Gasteiger partial charge in [0.2, 0.25) is 0 Å². The number of rotatable bonds is 6. The van der Waals surface area contributed by atoms with E-state index in [0.29, 0.717) is 24.9 Å². The summed E-state index contributed by atoms with van der Waals surface area (Å²) in [5.41, 5.74) is 1.04. The highest BCUT2D eigenvalue weighted by Gasteiger charge is 2.08. The van der Waals surface area contributed by atoms with Gasteiger partial charge in [-0.15, -0.1) is 11.3 Å². The van der Waals surface area contributed by atoms with Gasteiger partial charge in [0, 0.05) is 18.0 Å². The number of anilines is 1. The van der Waals surface area contributed by atoms with E-state index in [4.69, 9.17) is 4.74 Å². The van der Waals surface area contributed by atoms with E-state index >= 15 is 0 Å². The highest BCUT2D eigenvalue weighted by Crippen LogP contribution is 2.21.